The van der Waals surface area contributed by atoms with Crippen molar-refractivity contribution in [3.63, 3.8) is 0 Å². The van der Waals surface area contributed by atoms with Crippen molar-refractivity contribution in [3.8, 4) is 0 Å². The first-order valence-corrected chi connectivity index (χ1v) is 13.0. The van der Waals surface area contributed by atoms with E-state index in [0.29, 0.717) is 23.8 Å². The summed E-state index contributed by atoms with van der Waals surface area (Å²) in [7, 11) is -2.21. The van der Waals surface area contributed by atoms with E-state index in [-0.39, 0.29) is 23.3 Å². The highest BCUT2D eigenvalue weighted by molar-refractivity contribution is 7.89. The number of fused-ring (bicyclic) bond motifs is 1. The predicted molar refractivity (Wildman–Crippen MR) is 126 cm³/mol. The summed E-state index contributed by atoms with van der Waals surface area (Å²) in [6.45, 7) is 3.05. The number of amides is 1. The van der Waals surface area contributed by atoms with Crippen molar-refractivity contribution in [1.29, 1.82) is 0 Å². The van der Waals surface area contributed by atoms with Gasteiger partial charge in [0.05, 0.1) is 28.6 Å². The van der Waals surface area contributed by atoms with Gasteiger partial charge in [-0.1, -0.05) is 24.3 Å². The van der Waals surface area contributed by atoms with Gasteiger partial charge in [-0.2, -0.15) is 13.2 Å². The minimum atomic E-state index is -4.36. The van der Waals surface area contributed by atoms with E-state index in [0.717, 1.165) is 28.3 Å². The average molecular weight is 525 g/mol. The number of carbonyl (C=O) groups is 1. The van der Waals surface area contributed by atoms with Gasteiger partial charge in [-0.15, -0.1) is 11.3 Å². The van der Waals surface area contributed by atoms with Crippen LogP contribution in [0.5, 0.6) is 0 Å². The quantitative estimate of drug-likeness (QED) is 0.480. The van der Waals surface area contributed by atoms with Gasteiger partial charge in [-0.3, -0.25) is 9.69 Å². The van der Waals surface area contributed by atoms with Crippen molar-refractivity contribution in [1.82, 2.24) is 14.6 Å². The third-order valence-electron chi connectivity index (χ3n) is 5.80. The molecule has 186 valence electrons. The van der Waals surface area contributed by atoms with Crippen LogP contribution in [0.4, 0.5) is 18.3 Å². The van der Waals surface area contributed by atoms with Crippen molar-refractivity contribution >= 4 is 32.4 Å². The SMILES string of the molecule is CNS(=O)(=O)c1ccc(CC(=O)Nc2nc3c(s2)CN(Cc2ccc(C(F)(F)F)cc2)[C@H]3C)cc1. The molecule has 35 heavy (non-hydrogen) atoms. The van der Waals surface area contributed by atoms with Crippen LogP contribution in [0.15, 0.2) is 53.4 Å². The Balaban J connectivity index is 1.34. The number of nitrogens with zero attached hydrogens (tertiary/aromatic N) is 2. The number of thiazole rings is 1. The number of nitrogens with one attached hydrogen (secondary N) is 2. The van der Waals surface area contributed by atoms with Crippen molar-refractivity contribution in [2.24, 2.45) is 0 Å². The standard InChI is InChI=1S/C23H23F3N4O3S2/c1-14-21-19(13-30(14)12-16-3-7-17(8-4-16)23(24,25)26)34-22(29-21)28-20(31)11-15-5-9-18(10-6-15)35(32,33)27-2/h3-10,14,27H,11-13H2,1-2H3,(H,28,29,31)/t14-/m0/s1. The topological polar surface area (TPSA) is 91.4 Å². The summed E-state index contributed by atoms with van der Waals surface area (Å²) < 4.78 is 64.2. The summed E-state index contributed by atoms with van der Waals surface area (Å²) in [5, 5.41) is 3.28. The number of anilines is 1. The van der Waals surface area contributed by atoms with Crippen LogP contribution in [0.25, 0.3) is 0 Å². The van der Waals surface area contributed by atoms with Crippen LogP contribution < -0.4 is 10.0 Å². The zero-order valence-electron chi connectivity index (χ0n) is 18.9. The highest BCUT2D eigenvalue weighted by atomic mass is 32.2. The molecule has 2 N–H and O–H groups in total. The van der Waals surface area contributed by atoms with E-state index in [1.807, 2.05) is 6.92 Å². The third-order valence-corrected chi connectivity index (χ3v) is 8.20. The van der Waals surface area contributed by atoms with Crippen LogP contribution in [0, 0.1) is 0 Å². The minimum absolute atomic E-state index is 0.0455. The molecule has 12 heteroatoms. The maximum atomic E-state index is 12.8. The summed E-state index contributed by atoms with van der Waals surface area (Å²) >= 11 is 1.37. The average Bonchev–Trinajstić information content (AvgIpc) is 3.32. The monoisotopic (exact) mass is 524 g/mol. The number of rotatable bonds is 7. The Morgan fingerprint density at radius 3 is 2.31 bits per heavy atom. The van der Waals surface area contributed by atoms with Gasteiger partial charge >= 0.3 is 6.18 Å². The number of hydrogen-bond acceptors (Lipinski definition) is 6. The summed E-state index contributed by atoms with van der Waals surface area (Å²) in [6, 6.07) is 11.2. The van der Waals surface area contributed by atoms with E-state index in [1.165, 1.54) is 42.6 Å². The molecule has 0 fully saturated rings. The smallest absolute Gasteiger partial charge is 0.302 e. The Kier molecular flexibility index (Phi) is 7.00. The Morgan fingerprint density at radius 2 is 1.74 bits per heavy atom. The van der Waals surface area contributed by atoms with E-state index in [1.54, 1.807) is 12.1 Å². The van der Waals surface area contributed by atoms with Crippen LogP contribution in [-0.2, 0) is 40.5 Å². The second-order valence-electron chi connectivity index (χ2n) is 8.18. The van der Waals surface area contributed by atoms with Crippen molar-refractivity contribution in [3.05, 3.63) is 75.8 Å². The zero-order valence-corrected chi connectivity index (χ0v) is 20.5. The Labute approximate surface area is 205 Å². The molecule has 1 amide bonds. The minimum Gasteiger partial charge on any atom is -0.302 e. The number of carbonyl (C=O) groups excluding carboxylic acids is 1. The molecule has 0 saturated heterocycles. The number of halogens is 3. The van der Waals surface area contributed by atoms with Gasteiger partial charge in [-0.05, 0) is 49.4 Å². The fraction of sp³-hybridized carbons (Fsp3) is 0.304. The highest BCUT2D eigenvalue weighted by Gasteiger charge is 2.32. The highest BCUT2D eigenvalue weighted by Crippen LogP contribution is 2.39. The lowest BCUT2D eigenvalue weighted by atomic mass is 10.1. The zero-order chi connectivity index (χ0) is 25.4. The van der Waals surface area contributed by atoms with Crippen LogP contribution in [-0.4, -0.2) is 31.3 Å². The first kappa shape index (κ1) is 25.3. The maximum Gasteiger partial charge on any atom is 0.416 e. The lowest BCUT2D eigenvalue weighted by Crippen LogP contribution is -2.20. The molecule has 0 bridgehead atoms. The Bertz CT molecular complexity index is 1320. The molecule has 1 aliphatic heterocycles. The number of sulfonamides is 1. The molecule has 1 aliphatic rings. The number of aromatic nitrogens is 1. The number of benzene rings is 2. The van der Waals surface area contributed by atoms with Crippen LogP contribution in [0.1, 0.15) is 40.2 Å². The lowest BCUT2D eigenvalue weighted by Gasteiger charge is -2.21. The molecule has 0 saturated carbocycles. The Morgan fingerprint density at radius 1 is 1.11 bits per heavy atom. The Hall–Kier alpha value is -2.80. The molecule has 0 unspecified atom stereocenters. The second kappa shape index (κ2) is 9.69. The summed E-state index contributed by atoms with van der Waals surface area (Å²) in [5.41, 5.74) is 1.62. The number of alkyl halides is 3. The molecule has 0 aliphatic carbocycles. The molecule has 2 heterocycles. The van der Waals surface area contributed by atoms with Gasteiger partial charge in [0.2, 0.25) is 15.9 Å². The molecule has 1 aromatic heterocycles. The summed E-state index contributed by atoms with van der Waals surface area (Å²) in [5.74, 6) is -0.268. The van der Waals surface area contributed by atoms with E-state index >= 15 is 0 Å². The predicted octanol–water partition coefficient (Wildman–Crippen LogP) is 4.33. The van der Waals surface area contributed by atoms with Crippen LogP contribution in [0.2, 0.25) is 0 Å². The molecular weight excluding hydrogens is 501 g/mol. The van der Waals surface area contributed by atoms with Crippen LogP contribution in [0.3, 0.4) is 0 Å². The normalized spacial score (nSPS) is 16.3. The maximum absolute atomic E-state index is 12.8. The lowest BCUT2D eigenvalue weighted by molar-refractivity contribution is -0.137. The molecule has 0 spiro atoms. The van der Waals surface area contributed by atoms with Gasteiger partial charge in [0, 0.05) is 18.0 Å². The van der Waals surface area contributed by atoms with Gasteiger partial charge in [0.1, 0.15) is 0 Å². The molecule has 2 aromatic carbocycles. The first-order chi connectivity index (χ1) is 16.5. The van der Waals surface area contributed by atoms with E-state index in [4.69, 9.17) is 0 Å². The van der Waals surface area contributed by atoms with Gasteiger partial charge in [-0.25, -0.2) is 18.1 Å². The fourth-order valence-electron chi connectivity index (χ4n) is 3.83. The van der Waals surface area contributed by atoms with E-state index < -0.39 is 21.8 Å². The molecule has 4 rings (SSSR count). The van der Waals surface area contributed by atoms with Crippen molar-refractivity contribution < 1.29 is 26.4 Å². The van der Waals surface area contributed by atoms with E-state index in [2.05, 4.69) is 19.9 Å². The van der Waals surface area contributed by atoms with Gasteiger partial charge in [0.25, 0.3) is 0 Å². The molecular formula is C23H23F3N4O3S2. The molecule has 7 nitrogen and oxygen atoms in total. The third kappa shape index (κ3) is 5.72. The first-order valence-electron chi connectivity index (χ1n) is 10.7. The van der Waals surface area contributed by atoms with Gasteiger partial charge < -0.3 is 5.32 Å². The number of hydrogen-bond donors (Lipinski definition) is 2. The molecule has 1 atom stereocenters. The van der Waals surface area contributed by atoms with Crippen molar-refractivity contribution in [2.75, 3.05) is 12.4 Å². The summed E-state index contributed by atoms with van der Waals surface area (Å²) in [4.78, 5) is 20.3. The fourth-order valence-corrected chi connectivity index (χ4v) is 5.65. The molecule has 3 aromatic rings. The van der Waals surface area contributed by atoms with Crippen molar-refractivity contribution in [2.45, 2.75) is 43.5 Å². The van der Waals surface area contributed by atoms with E-state index in [9.17, 15) is 26.4 Å². The largest absolute Gasteiger partial charge is 0.416 e. The van der Waals surface area contributed by atoms with Gasteiger partial charge in [0.15, 0.2) is 5.13 Å². The summed E-state index contributed by atoms with van der Waals surface area (Å²) in [6.07, 6.45) is -4.29. The van der Waals surface area contributed by atoms with Crippen LogP contribution >= 0.6 is 11.3 Å². The second-order valence-corrected chi connectivity index (χ2v) is 11.1. The molecule has 0 radical (unpaired) electrons.